The number of benzene rings is 1. The minimum atomic E-state index is -0.624. The van der Waals surface area contributed by atoms with Crippen LogP contribution in [0.2, 0.25) is 0 Å². The molecule has 1 aromatic carbocycles. The molecule has 8 nitrogen and oxygen atoms in total. The number of nitrogens with one attached hydrogen (secondary N) is 1. The van der Waals surface area contributed by atoms with Crippen molar-refractivity contribution in [2.45, 2.75) is 25.4 Å². The third kappa shape index (κ3) is 2.88. The van der Waals surface area contributed by atoms with Gasteiger partial charge in [0, 0.05) is 24.1 Å². The molecule has 4 rings (SSSR count). The number of anilines is 1. The lowest BCUT2D eigenvalue weighted by Gasteiger charge is -2.29. The molecule has 0 radical (unpaired) electrons. The number of pyridine rings is 1. The first kappa shape index (κ1) is 17.0. The molecule has 0 bridgehead atoms. The molecule has 0 aliphatic carbocycles. The second-order valence-electron chi connectivity index (χ2n) is 6.57. The van der Waals surface area contributed by atoms with Gasteiger partial charge in [-0.25, -0.2) is 4.98 Å². The molecule has 1 saturated heterocycles. The highest BCUT2D eigenvalue weighted by Gasteiger charge is 2.39. The molecule has 0 saturated carbocycles. The molecule has 138 valence electrons. The summed E-state index contributed by atoms with van der Waals surface area (Å²) in [6.45, 7) is 0.320. The van der Waals surface area contributed by atoms with Crippen molar-refractivity contribution < 1.29 is 19.1 Å². The number of nitrogens with zero attached hydrogens (tertiary/aromatic N) is 2. The Balaban J connectivity index is 1.63. The molecule has 2 aromatic rings. The van der Waals surface area contributed by atoms with E-state index in [0.29, 0.717) is 35.8 Å². The van der Waals surface area contributed by atoms with Crippen LogP contribution in [0.25, 0.3) is 11.3 Å². The predicted octanol–water partition coefficient (Wildman–Crippen LogP) is 1.10. The number of nitrogens with two attached hydrogens (primary N) is 1. The normalized spacial score (nSPS) is 19.1. The van der Waals surface area contributed by atoms with Crippen LogP contribution < -0.4 is 15.8 Å². The number of methoxy groups -OCH3 is 1. The third-order valence-electron chi connectivity index (χ3n) is 4.90. The number of rotatable bonds is 3. The van der Waals surface area contributed by atoms with Crippen molar-refractivity contribution in [3.63, 3.8) is 0 Å². The van der Waals surface area contributed by atoms with E-state index < -0.39 is 11.9 Å². The fourth-order valence-corrected chi connectivity index (χ4v) is 3.51. The summed E-state index contributed by atoms with van der Waals surface area (Å²) in [5.41, 5.74) is 9.14. The number of imide groups is 1. The lowest BCUT2D eigenvalue weighted by molar-refractivity contribution is -0.136. The van der Waals surface area contributed by atoms with Gasteiger partial charge in [-0.2, -0.15) is 0 Å². The Kier molecular flexibility index (Phi) is 4.02. The number of hydrogen-bond donors (Lipinski definition) is 2. The maximum absolute atomic E-state index is 12.7. The van der Waals surface area contributed by atoms with Gasteiger partial charge in [0.05, 0.1) is 18.5 Å². The molecule has 27 heavy (non-hydrogen) atoms. The van der Waals surface area contributed by atoms with Gasteiger partial charge < -0.3 is 15.4 Å². The summed E-state index contributed by atoms with van der Waals surface area (Å²) in [6.07, 6.45) is 0.574. The van der Waals surface area contributed by atoms with Gasteiger partial charge in [-0.15, -0.1) is 0 Å². The van der Waals surface area contributed by atoms with E-state index in [1.54, 1.807) is 18.2 Å². The summed E-state index contributed by atoms with van der Waals surface area (Å²) in [5.74, 6) is -0.577. The summed E-state index contributed by atoms with van der Waals surface area (Å²) in [6, 6.07) is 8.31. The van der Waals surface area contributed by atoms with E-state index >= 15 is 0 Å². The van der Waals surface area contributed by atoms with Crippen LogP contribution in [0.3, 0.4) is 0 Å². The standard InChI is InChI=1S/C19H18N4O4/c1-27-18-13(20)4-5-14(21-18)10-2-3-12-11(8-10)9-23(19(12)26)15-6-7-16(24)22-17(15)25/h2-5,8,15H,6-7,9,20H2,1H3,(H,22,24,25). The van der Waals surface area contributed by atoms with Gasteiger partial charge in [-0.05, 0) is 36.2 Å². The van der Waals surface area contributed by atoms with Crippen LogP contribution in [0.4, 0.5) is 5.69 Å². The molecule has 2 aliphatic rings. The molecule has 1 atom stereocenters. The minimum Gasteiger partial charge on any atom is -0.480 e. The Labute approximate surface area is 155 Å². The van der Waals surface area contributed by atoms with Crippen LogP contribution in [0.1, 0.15) is 28.8 Å². The van der Waals surface area contributed by atoms with Crippen molar-refractivity contribution in [2.24, 2.45) is 0 Å². The molecule has 1 unspecified atom stereocenters. The topological polar surface area (TPSA) is 115 Å². The first-order chi connectivity index (χ1) is 13.0. The second kappa shape index (κ2) is 6.39. The van der Waals surface area contributed by atoms with Crippen LogP contribution >= 0.6 is 0 Å². The van der Waals surface area contributed by atoms with Crippen LogP contribution in [-0.2, 0) is 16.1 Å². The fourth-order valence-electron chi connectivity index (χ4n) is 3.51. The van der Waals surface area contributed by atoms with Crippen LogP contribution in [-0.4, -0.2) is 40.8 Å². The zero-order valence-electron chi connectivity index (χ0n) is 14.7. The van der Waals surface area contributed by atoms with E-state index in [-0.39, 0.29) is 18.2 Å². The summed E-state index contributed by atoms with van der Waals surface area (Å²) >= 11 is 0. The Morgan fingerprint density at radius 2 is 2.04 bits per heavy atom. The Hall–Kier alpha value is -3.42. The number of ether oxygens (including phenoxy) is 1. The molecule has 3 N–H and O–H groups in total. The number of nitrogen functional groups attached to an aromatic ring is 1. The monoisotopic (exact) mass is 366 g/mol. The highest BCUT2D eigenvalue weighted by Crippen LogP contribution is 2.32. The van der Waals surface area contributed by atoms with Gasteiger partial charge in [-0.1, -0.05) is 6.07 Å². The van der Waals surface area contributed by atoms with Gasteiger partial charge in [0.1, 0.15) is 6.04 Å². The van der Waals surface area contributed by atoms with E-state index in [1.165, 1.54) is 12.0 Å². The molecule has 8 heteroatoms. The number of aromatic nitrogens is 1. The van der Waals surface area contributed by atoms with Gasteiger partial charge >= 0.3 is 0 Å². The number of hydrogen-bond acceptors (Lipinski definition) is 6. The van der Waals surface area contributed by atoms with E-state index in [4.69, 9.17) is 10.5 Å². The lowest BCUT2D eigenvalue weighted by Crippen LogP contribution is -2.52. The number of carbonyl (C=O) groups excluding carboxylic acids is 3. The quantitative estimate of drug-likeness (QED) is 0.786. The van der Waals surface area contributed by atoms with Gasteiger partial charge in [-0.3, -0.25) is 19.7 Å². The first-order valence-electron chi connectivity index (χ1n) is 8.56. The SMILES string of the molecule is COc1nc(-c2ccc3c(c2)CN(C2CCC(=O)NC2=O)C3=O)ccc1N. The van der Waals surface area contributed by atoms with Gasteiger partial charge in [0.25, 0.3) is 5.91 Å². The average molecular weight is 366 g/mol. The zero-order chi connectivity index (χ0) is 19.1. The third-order valence-corrected chi connectivity index (χ3v) is 4.90. The van der Waals surface area contributed by atoms with Crippen molar-refractivity contribution >= 4 is 23.4 Å². The summed E-state index contributed by atoms with van der Waals surface area (Å²) in [5, 5.41) is 2.30. The van der Waals surface area contributed by atoms with Crippen molar-refractivity contribution in [1.29, 1.82) is 0 Å². The van der Waals surface area contributed by atoms with E-state index in [0.717, 1.165) is 11.1 Å². The van der Waals surface area contributed by atoms with E-state index in [1.807, 2.05) is 12.1 Å². The predicted molar refractivity (Wildman–Crippen MR) is 96.7 cm³/mol. The number of amides is 3. The summed E-state index contributed by atoms with van der Waals surface area (Å²) < 4.78 is 5.16. The minimum absolute atomic E-state index is 0.200. The molecule has 0 spiro atoms. The average Bonchev–Trinajstić information content (AvgIpc) is 2.98. The molecule has 2 aliphatic heterocycles. The molecule has 1 fully saturated rings. The Morgan fingerprint density at radius 1 is 1.22 bits per heavy atom. The maximum Gasteiger partial charge on any atom is 0.255 e. The molecular weight excluding hydrogens is 348 g/mol. The fraction of sp³-hybridized carbons (Fsp3) is 0.263. The molecular formula is C19H18N4O4. The van der Waals surface area contributed by atoms with E-state index in [2.05, 4.69) is 10.3 Å². The van der Waals surface area contributed by atoms with Crippen LogP contribution in [0, 0.1) is 0 Å². The van der Waals surface area contributed by atoms with Crippen molar-refractivity contribution in [3.05, 3.63) is 41.5 Å². The molecule has 1 aromatic heterocycles. The van der Waals surface area contributed by atoms with Crippen LogP contribution in [0.15, 0.2) is 30.3 Å². The van der Waals surface area contributed by atoms with Crippen LogP contribution in [0.5, 0.6) is 5.88 Å². The number of carbonyl (C=O) groups is 3. The molecule has 3 amide bonds. The van der Waals surface area contributed by atoms with Crippen molar-refractivity contribution in [1.82, 2.24) is 15.2 Å². The number of piperidine rings is 1. The first-order valence-corrected chi connectivity index (χ1v) is 8.56. The second-order valence-corrected chi connectivity index (χ2v) is 6.57. The highest BCUT2D eigenvalue weighted by molar-refractivity contribution is 6.05. The van der Waals surface area contributed by atoms with Crippen molar-refractivity contribution in [3.8, 4) is 17.1 Å². The molecule has 3 heterocycles. The number of fused-ring (bicyclic) bond motifs is 1. The Morgan fingerprint density at radius 3 is 2.78 bits per heavy atom. The van der Waals surface area contributed by atoms with Gasteiger partial charge in [0.2, 0.25) is 17.7 Å². The smallest absolute Gasteiger partial charge is 0.255 e. The summed E-state index contributed by atoms with van der Waals surface area (Å²) in [7, 11) is 1.50. The highest BCUT2D eigenvalue weighted by atomic mass is 16.5. The van der Waals surface area contributed by atoms with Crippen molar-refractivity contribution in [2.75, 3.05) is 12.8 Å². The lowest BCUT2D eigenvalue weighted by atomic mass is 10.0. The summed E-state index contributed by atoms with van der Waals surface area (Å²) in [4.78, 5) is 42.1. The Bertz CT molecular complexity index is 972. The maximum atomic E-state index is 12.7. The van der Waals surface area contributed by atoms with Gasteiger partial charge in [0.15, 0.2) is 0 Å². The zero-order valence-corrected chi connectivity index (χ0v) is 14.7. The van der Waals surface area contributed by atoms with E-state index in [9.17, 15) is 14.4 Å². The largest absolute Gasteiger partial charge is 0.480 e.